The first-order valence-electron chi connectivity index (χ1n) is 5.26. The molecule has 0 atom stereocenters. The van der Waals surface area contributed by atoms with Crippen LogP contribution in [0.5, 0.6) is 0 Å². The minimum atomic E-state index is -0.394. The van der Waals surface area contributed by atoms with E-state index in [0.29, 0.717) is 26.7 Å². The molecule has 0 bridgehead atoms. The summed E-state index contributed by atoms with van der Waals surface area (Å²) in [5.41, 5.74) is 1.37. The van der Waals surface area contributed by atoms with Gasteiger partial charge in [0.25, 0.3) is 5.69 Å². The molecule has 19 heavy (non-hydrogen) atoms. The second-order valence-corrected chi connectivity index (χ2v) is 6.34. The van der Waals surface area contributed by atoms with Crippen molar-refractivity contribution in [2.45, 2.75) is 13.5 Å². The molecule has 8 heteroatoms. The Hall–Kier alpha value is -1.18. The number of hydrogen-bond donors (Lipinski definition) is 1. The molecule has 1 aromatic carbocycles. The molecule has 1 heterocycles. The molecular weight excluding hydrogens is 354 g/mol. The maximum atomic E-state index is 10.9. The van der Waals surface area contributed by atoms with Crippen LogP contribution < -0.4 is 5.32 Å². The molecule has 0 saturated heterocycles. The van der Waals surface area contributed by atoms with Crippen molar-refractivity contribution in [2.75, 3.05) is 5.32 Å². The third-order valence-corrected chi connectivity index (χ3v) is 4.44. The summed E-state index contributed by atoms with van der Waals surface area (Å²) >= 11 is 10.4. The van der Waals surface area contributed by atoms with Gasteiger partial charge >= 0.3 is 0 Å². The van der Waals surface area contributed by atoms with Gasteiger partial charge in [0, 0.05) is 32.9 Å². The number of nitro groups is 1. The van der Waals surface area contributed by atoms with Gasteiger partial charge in [-0.15, -0.1) is 11.3 Å². The molecule has 0 saturated carbocycles. The maximum absolute atomic E-state index is 10.9. The highest BCUT2D eigenvalue weighted by Gasteiger charge is 2.14. The van der Waals surface area contributed by atoms with Gasteiger partial charge in [0.1, 0.15) is 0 Å². The first-order valence-corrected chi connectivity index (χ1v) is 7.24. The van der Waals surface area contributed by atoms with Crippen LogP contribution in [0.4, 0.5) is 11.4 Å². The number of nitrogens with one attached hydrogen (secondary N) is 1. The minimum Gasteiger partial charge on any atom is -0.380 e. The Kier molecular flexibility index (Phi) is 4.38. The largest absolute Gasteiger partial charge is 0.380 e. The van der Waals surface area contributed by atoms with Crippen LogP contribution in [0.2, 0.25) is 4.47 Å². The van der Waals surface area contributed by atoms with Crippen molar-refractivity contribution in [2.24, 2.45) is 0 Å². The Morgan fingerprint density at radius 3 is 2.89 bits per heavy atom. The van der Waals surface area contributed by atoms with E-state index in [2.05, 4.69) is 26.2 Å². The molecule has 1 N–H and O–H groups in total. The molecule has 0 amide bonds. The second kappa shape index (κ2) is 5.85. The molecule has 0 fully saturated rings. The molecule has 100 valence electrons. The first-order chi connectivity index (χ1) is 8.97. The van der Waals surface area contributed by atoms with Crippen LogP contribution in [-0.4, -0.2) is 9.91 Å². The fraction of sp³-hybridized carbons (Fsp3) is 0.182. The molecular formula is C11H9BrClN3O2S. The predicted molar refractivity (Wildman–Crippen MR) is 80.0 cm³/mol. The van der Waals surface area contributed by atoms with Gasteiger partial charge in [-0.3, -0.25) is 10.1 Å². The highest BCUT2D eigenvalue weighted by atomic mass is 79.9. The number of thiazole rings is 1. The van der Waals surface area contributed by atoms with Crippen molar-refractivity contribution < 1.29 is 4.92 Å². The van der Waals surface area contributed by atoms with Crippen LogP contribution >= 0.6 is 38.9 Å². The third-order valence-electron chi connectivity index (χ3n) is 2.51. The SMILES string of the molecule is Cc1c(Br)cc(NCc2cnc(Cl)s2)cc1[N+](=O)[O-]. The topological polar surface area (TPSA) is 68.1 Å². The van der Waals surface area contributed by atoms with Crippen LogP contribution in [0.15, 0.2) is 22.8 Å². The van der Waals surface area contributed by atoms with Crippen molar-refractivity contribution >= 4 is 50.2 Å². The highest BCUT2D eigenvalue weighted by Crippen LogP contribution is 2.30. The standard InChI is InChI=1S/C11H9BrClN3O2S/c1-6-9(12)2-7(3-10(6)16(17)18)14-4-8-5-15-11(13)19-8/h2-3,5,14H,4H2,1H3. The van der Waals surface area contributed by atoms with Crippen LogP contribution in [0.3, 0.4) is 0 Å². The zero-order valence-corrected chi connectivity index (χ0v) is 13.0. The van der Waals surface area contributed by atoms with Crippen molar-refractivity contribution in [3.63, 3.8) is 0 Å². The van der Waals surface area contributed by atoms with Crippen LogP contribution in [0, 0.1) is 17.0 Å². The minimum absolute atomic E-state index is 0.0826. The molecule has 0 spiro atoms. The molecule has 5 nitrogen and oxygen atoms in total. The first kappa shape index (κ1) is 14.2. The summed E-state index contributed by atoms with van der Waals surface area (Å²) < 4.78 is 1.18. The fourth-order valence-electron chi connectivity index (χ4n) is 1.51. The second-order valence-electron chi connectivity index (χ2n) is 3.79. The lowest BCUT2D eigenvalue weighted by Gasteiger charge is -2.07. The van der Waals surface area contributed by atoms with Crippen molar-refractivity contribution in [1.29, 1.82) is 0 Å². The van der Waals surface area contributed by atoms with E-state index in [4.69, 9.17) is 11.6 Å². The number of halogens is 2. The highest BCUT2D eigenvalue weighted by molar-refractivity contribution is 9.10. The van der Waals surface area contributed by atoms with E-state index in [1.165, 1.54) is 17.4 Å². The van der Waals surface area contributed by atoms with Crippen LogP contribution in [-0.2, 0) is 6.54 Å². The zero-order valence-electron chi connectivity index (χ0n) is 9.81. The van der Waals surface area contributed by atoms with E-state index in [1.54, 1.807) is 13.1 Å². The number of aromatic nitrogens is 1. The van der Waals surface area contributed by atoms with Gasteiger partial charge in [-0.25, -0.2) is 4.98 Å². The number of hydrogen-bond acceptors (Lipinski definition) is 5. The summed E-state index contributed by atoms with van der Waals surface area (Å²) in [4.78, 5) is 15.4. The molecule has 0 aliphatic rings. The van der Waals surface area contributed by atoms with E-state index >= 15 is 0 Å². The number of nitrogens with zero attached hydrogens (tertiary/aromatic N) is 2. The Morgan fingerprint density at radius 2 is 2.32 bits per heavy atom. The number of nitro benzene ring substituents is 1. The molecule has 2 rings (SSSR count). The van der Waals surface area contributed by atoms with Crippen molar-refractivity contribution in [3.8, 4) is 0 Å². The van der Waals surface area contributed by atoms with Gasteiger partial charge in [0.2, 0.25) is 0 Å². The van der Waals surface area contributed by atoms with E-state index in [0.717, 1.165) is 4.88 Å². The number of anilines is 1. The Balaban J connectivity index is 2.19. The summed E-state index contributed by atoms with van der Waals surface area (Å²) in [5.74, 6) is 0. The molecule has 0 unspecified atom stereocenters. The van der Waals surface area contributed by atoms with E-state index < -0.39 is 4.92 Å². The van der Waals surface area contributed by atoms with Crippen molar-refractivity contribution in [3.05, 3.63) is 47.8 Å². The average Bonchev–Trinajstić information content (AvgIpc) is 2.76. The van der Waals surface area contributed by atoms with Gasteiger partial charge in [-0.2, -0.15) is 0 Å². The van der Waals surface area contributed by atoms with Gasteiger partial charge in [-0.1, -0.05) is 27.5 Å². The molecule has 2 aromatic rings. The summed E-state index contributed by atoms with van der Waals surface area (Å²) in [5, 5.41) is 14.1. The predicted octanol–water partition coefficient (Wildman–Crippen LogP) is 4.39. The third kappa shape index (κ3) is 3.43. The number of rotatable bonds is 4. The molecule has 0 radical (unpaired) electrons. The molecule has 0 aliphatic heterocycles. The summed E-state index contributed by atoms with van der Waals surface area (Å²) in [6, 6.07) is 3.33. The van der Waals surface area contributed by atoms with Crippen molar-refractivity contribution in [1.82, 2.24) is 4.98 Å². The van der Waals surface area contributed by atoms with Crippen LogP contribution in [0.25, 0.3) is 0 Å². The van der Waals surface area contributed by atoms with Crippen LogP contribution in [0.1, 0.15) is 10.4 Å². The quantitative estimate of drug-likeness (QED) is 0.647. The van der Waals surface area contributed by atoms with Gasteiger partial charge < -0.3 is 5.32 Å². The maximum Gasteiger partial charge on any atom is 0.275 e. The van der Waals surface area contributed by atoms with Gasteiger partial charge in [0.05, 0.1) is 11.5 Å². The fourth-order valence-corrected chi connectivity index (χ4v) is 2.88. The summed E-state index contributed by atoms with van der Waals surface area (Å²) in [6.45, 7) is 2.23. The van der Waals surface area contributed by atoms with Gasteiger partial charge in [-0.05, 0) is 13.0 Å². The van der Waals surface area contributed by atoms with E-state index in [9.17, 15) is 10.1 Å². The summed E-state index contributed by atoms with van der Waals surface area (Å²) in [7, 11) is 0. The van der Waals surface area contributed by atoms with E-state index in [1.807, 2.05) is 6.07 Å². The lowest BCUT2D eigenvalue weighted by atomic mass is 10.2. The average molecular weight is 363 g/mol. The lowest BCUT2D eigenvalue weighted by Crippen LogP contribution is -2.00. The molecule has 1 aromatic heterocycles. The Bertz CT molecular complexity index is 632. The normalized spacial score (nSPS) is 10.5. The van der Waals surface area contributed by atoms with Gasteiger partial charge in [0.15, 0.2) is 4.47 Å². The van der Waals surface area contributed by atoms with E-state index in [-0.39, 0.29) is 5.69 Å². The summed E-state index contributed by atoms with van der Waals surface area (Å²) in [6.07, 6.45) is 1.68. The Morgan fingerprint density at radius 1 is 1.58 bits per heavy atom. The number of benzene rings is 1. The lowest BCUT2D eigenvalue weighted by molar-refractivity contribution is -0.385. The monoisotopic (exact) mass is 361 g/mol. The zero-order chi connectivity index (χ0) is 14.0. The molecule has 0 aliphatic carbocycles. The Labute approximate surface area is 126 Å². The smallest absolute Gasteiger partial charge is 0.275 e.